The third kappa shape index (κ3) is 3.06. The zero-order valence-electron chi connectivity index (χ0n) is 10.3. The van der Waals surface area contributed by atoms with Gasteiger partial charge in [0.1, 0.15) is 0 Å². The number of carbonyl (C=O) groups is 1. The van der Waals surface area contributed by atoms with Crippen molar-refractivity contribution >= 4 is 5.91 Å². The van der Waals surface area contributed by atoms with Crippen LogP contribution in [0.3, 0.4) is 0 Å². The second-order valence-corrected chi connectivity index (χ2v) is 4.37. The lowest BCUT2D eigenvalue weighted by Gasteiger charge is -2.10. The van der Waals surface area contributed by atoms with Gasteiger partial charge in [-0.05, 0) is 12.8 Å². The van der Waals surface area contributed by atoms with Crippen molar-refractivity contribution in [2.24, 2.45) is 12.8 Å². The molecule has 0 bridgehead atoms. The quantitative estimate of drug-likeness (QED) is 0.765. The summed E-state index contributed by atoms with van der Waals surface area (Å²) in [6.45, 7) is 6.58. The minimum absolute atomic E-state index is 0.319. The van der Waals surface area contributed by atoms with E-state index in [2.05, 4.69) is 24.3 Å². The summed E-state index contributed by atoms with van der Waals surface area (Å²) in [6, 6.07) is -0.319. The van der Waals surface area contributed by atoms with Crippen LogP contribution in [0.1, 0.15) is 37.9 Å². The van der Waals surface area contributed by atoms with Gasteiger partial charge in [0.05, 0.1) is 11.7 Å². The molecule has 0 aromatic carbocycles. The highest BCUT2D eigenvalue weighted by atomic mass is 16.1. The molecule has 0 spiro atoms. The molecular formula is C11H20N4O. The Labute approximate surface area is 96.0 Å². The molecule has 0 aliphatic carbocycles. The Balaban J connectivity index is 2.69. The Kier molecular flexibility index (Phi) is 4.06. The standard InChI is InChI=1S/C11H20N4O/c1-7(2)10-9(6-15(4)14-10)5-13-8(3)11(12)16/h6-8,13H,5H2,1-4H3,(H2,12,16). The van der Waals surface area contributed by atoms with E-state index < -0.39 is 0 Å². The molecule has 1 aromatic heterocycles. The average Bonchev–Trinajstić information content (AvgIpc) is 2.56. The van der Waals surface area contributed by atoms with Crippen molar-refractivity contribution in [3.05, 3.63) is 17.5 Å². The lowest BCUT2D eigenvalue weighted by Crippen LogP contribution is -2.38. The van der Waals surface area contributed by atoms with E-state index in [1.807, 2.05) is 13.2 Å². The van der Waals surface area contributed by atoms with Crippen LogP contribution in [0.5, 0.6) is 0 Å². The maximum atomic E-state index is 10.9. The predicted molar refractivity (Wildman–Crippen MR) is 62.8 cm³/mol. The van der Waals surface area contributed by atoms with Crippen LogP contribution in [-0.2, 0) is 18.4 Å². The van der Waals surface area contributed by atoms with E-state index in [-0.39, 0.29) is 11.9 Å². The van der Waals surface area contributed by atoms with E-state index in [0.717, 1.165) is 11.3 Å². The molecule has 90 valence electrons. The molecule has 3 N–H and O–H groups in total. The molecule has 0 fully saturated rings. The molecule has 0 saturated carbocycles. The molecule has 16 heavy (non-hydrogen) atoms. The molecule has 5 nitrogen and oxygen atoms in total. The van der Waals surface area contributed by atoms with Crippen LogP contribution in [0.25, 0.3) is 0 Å². The van der Waals surface area contributed by atoms with Gasteiger partial charge in [0, 0.05) is 25.4 Å². The van der Waals surface area contributed by atoms with Gasteiger partial charge in [-0.25, -0.2) is 0 Å². The van der Waals surface area contributed by atoms with Crippen LogP contribution in [0.4, 0.5) is 0 Å². The van der Waals surface area contributed by atoms with Crippen LogP contribution in [0.2, 0.25) is 0 Å². The van der Waals surface area contributed by atoms with E-state index in [0.29, 0.717) is 12.5 Å². The Morgan fingerprint density at radius 1 is 1.56 bits per heavy atom. The summed E-state index contributed by atoms with van der Waals surface area (Å²) in [5, 5.41) is 7.47. The molecule has 0 aliphatic heterocycles. The molecule has 0 radical (unpaired) electrons. The first-order chi connectivity index (χ1) is 7.41. The van der Waals surface area contributed by atoms with Gasteiger partial charge >= 0.3 is 0 Å². The maximum absolute atomic E-state index is 10.9. The normalized spacial score (nSPS) is 13.1. The number of nitrogens with zero attached hydrogens (tertiary/aromatic N) is 2. The van der Waals surface area contributed by atoms with Crippen molar-refractivity contribution in [1.82, 2.24) is 15.1 Å². The van der Waals surface area contributed by atoms with Crippen molar-refractivity contribution in [3.8, 4) is 0 Å². The highest BCUT2D eigenvalue weighted by Crippen LogP contribution is 2.16. The SMILES string of the molecule is CC(NCc1cn(C)nc1C(C)C)C(N)=O. The molecule has 1 aromatic rings. The fourth-order valence-electron chi connectivity index (χ4n) is 1.54. The summed E-state index contributed by atoms with van der Waals surface area (Å²) in [7, 11) is 1.90. The second kappa shape index (κ2) is 5.12. The fourth-order valence-corrected chi connectivity index (χ4v) is 1.54. The van der Waals surface area contributed by atoms with Crippen LogP contribution in [-0.4, -0.2) is 21.7 Å². The first kappa shape index (κ1) is 12.7. The largest absolute Gasteiger partial charge is 0.368 e. The average molecular weight is 224 g/mol. The number of nitrogens with two attached hydrogens (primary N) is 1. The molecule has 0 saturated heterocycles. The van der Waals surface area contributed by atoms with E-state index in [9.17, 15) is 4.79 Å². The summed E-state index contributed by atoms with van der Waals surface area (Å²) in [5.74, 6) is 0.0388. The van der Waals surface area contributed by atoms with Crippen molar-refractivity contribution in [3.63, 3.8) is 0 Å². The smallest absolute Gasteiger partial charge is 0.234 e. The van der Waals surface area contributed by atoms with Crippen LogP contribution in [0.15, 0.2) is 6.20 Å². The molecule has 0 aliphatic rings. The van der Waals surface area contributed by atoms with Crippen LogP contribution in [0, 0.1) is 0 Å². The topological polar surface area (TPSA) is 72.9 Å². The van der Waals surface area contributed by atoms with Gasteiger partial charge in [-0.15, -0.1) is 0 Å². The number of hydrogen-bond acceptors (Lipinski definition) is 3. The first-order valence-corrected chi connectivity index (χ1v) is 5.47. The van der Waals surface area contributed by atoms with Gasteiger partial charge in [0.25, 0.3) is 0 Å². The summed E-state index contributed by atoms with van der Waals surface area (Å²) in [6.07, 6.45) is 1.97. The molecule has 5 heteroatoms. The van der Waals surface area contributed by atoms with Gasteiger partial charge < -0.3 is 11.1 Å². The number of nitrogens with one attached hydrogen (secondary N) is 1. The summed E-state index contributed by atoms with van der Waals surface area (Å²) >= 11 is 0. The van der Waals surface area contributed by atoms with E-state index in [1.54, 1.807) is 11.6 Å². The minimum Gasteiger partial charge on any atom is -0.368 e. The summed E-state index contributed by atoms with van der Waals surface area (Å²) in [4.78, 5) is 10.9. The monoisotopic (exact) mass is 224 g/mol. The first-order valence-electron chi connectivity index (χ1n) is 5.47. The van der Waals surface area contributed by atoms with Gasteiger partial charge in [-0.1, -0.05) is 13.8 Å². The third-order valence-corrected chi connectivity index (χ3v) is 2.51. The van der Waals surface area contributed by atoms with Crippen molar-refractivity contribution < 1.29 is 4.79 Å². The lowest BCUT2D eigenvalue weighted by atomic mass is 10.1. The second-order valence-electron chi connectivity index (χ2n) is 4.37. The van der Waals surface area contributed by atoms with Crippen molar-refractivity contribution in [2.45, 2.75) is 39.3 Å². The van der Waals surface area contributed by atoms with E-state index in [4.69, 9.17) is 5.73 Å². The third-order valence-electron chi connectivity index (χ3n) is 2.51. The molecule has 1 unspecified atom stereocenters. The zero-order chi connectivity index (χ0) is 12.3. The highest BCUT2D eigenvalue weighted by molar-refractivity contribution is 5.79. The number of carbonyl (C=O) groups excluding carboxylic acids is 1. The number of aryl methyl sites for hydroxylation is 1. The fraction of sp³-hybridized carbons (Fsp3) is 0.636. The molecule has 1 atom stereocenters. The minimum atomic E-state index is -0.338. The summed E-state index contributed by atoms with van der Waals surface area (Å²) < 4.78 is 1.79. The lowest BCUT2D eigenvalue weighted by molar-refractivity contribution is -0.119. The van der Waals surface area contributed by atoms with Crippen LogP contribution < -0.4 is 11.1 Å². The molecule has 1 heterocycles. The molecule has 1 amide bonds. The summed E-state index contributed by atoms with van der Waals surface area (Å²) in [5.41, 5.74) is 7.36. The van der Waals surface area contributed by atoms with Crippen molar-refractivity contribution in [2.75, 3.05) is 0 Å². The molecule has 1 rings (SSSR count). The Morgan fingerprint density at radius 3 is 2.69 bits per heavy atom. The Bertz CT molecular complexity index is 370. The van der Waals surface area contributed by atoms with Gasteiger partial charge in [-0.2, -0.15) is 5.10 Å². The highest BCUT2D eigenvalue weighted by Gasteiger charge is 2.13. The maximum Gasteiger partial charge on any atom is 0.234 e. The Hall–Kier alpha value is -1.36. The van der Waals surface area contributed by atoms with Crippen molar-refractivity contribution in [1.29, 1.82) is 0 Å². The van der Waals surface area contributed by atoms with Crippen LogP contribution >= 0.6 is 0 Å². The number of amides is 1. The number of primary amides is 1. The zero-order valence-corrected chi connectivity index (χ0v) is 10.3. The molecular weight excluding hydrogens is 204 g/mol. The van der Waals surface area contributed by atoms with Gasteiger partial charge in [0.15, 0.2) is 0 Å². The number of hydrogen-bond donors (Lipinski definition) is 2. The van der Waals surface area contributed by atoms with Gasteiger partial charge in [-0.3, -0.25) is 9.48 Å². The van der Waals surface area contributed by atoms with Gasteiger partial charge in [0.2, 0.25) is 5.91 Å². The number of rotatable bonds is 5. The van der Waals surface area contributed by atoms with E-state index >= 15 is 0 Å². The Morgan fingerprint density at radius 2 is 2.19 bits per heavy atom. The van der Waals surface area contributed by atoms with E-state index in [1.165, 1.54) is 0 Å². The predicted octanol–water partition coefficient (Wildman–Crippen LogP) is 0.507. The number of aromatic nitrogens is 2.